The number of methoxy groups -OCH3 is 1. The molecule has 2 amide bonds. The zero-order valence-electron chi connectivity index (χ0n) is 27.2. The molecule has 0 unspecified atom stereocenters. The van der Waals surface area contributed by atoms with Crippen molar-refractivity contribution in [1.29, 1.82) is 0 Å². The second-order valence-electron chi connectivity index (χ2n) is 12.7. The molecular weight excluding hydrogens is 648 g/mol. The molecule has 44 heavy (non-hydrogen) atoms. The van der Waals surface area contributed by atoms with E-state index in [1.807, 2.05) is 18.4 Å². The van der Waals surface area contributed by atoms with Crippen LogP contribution in [0.3, 0.4) is 0 Å². The molecule has 3 rings (SSSR count). The Labute approximate surface area is 268 Å². The van der Waals surface area contributed by atoms with Gasteiger partial charge in [0.2, 0.25) is 5.95 Å². The maximum atomic E-state index is 14.2. The molecule has 1 aromatic carbocycles. The Morgan fingerprint density at radius 3 is 2.45 bits per heavy atom. The molecule has 2 aromatic heterocycles. The number of ether oxygens (including phenoxy) is 3. The highest BCUT2D eigenvalue weighted by atomic mass is 79.9. The van der Waals surface area contributed by atoms with Crippen LogP contribution in [0.4, 0.5) is 10.7 Å². The van der Waals surface area contributed by atoms with E-state index >= 15 is 0 Å². The lowest BCUT2D eigenvalue weighted by atomic mass is 10.2. The molecule has 0 bridgehead atoms. The average molecular weight is 694 g/mol. The lowest BCUT2D eigenvalue weighted by Crippen LogP contribution is -2.37. The number of carbonyl (C=O) groups is 3. The molecule has 0 saturated carbocycles. The number of aromatic nitrogens is 4. The number of aryl methyl sites for hydroxylation is 3. The van der Waals surface area contributed by atoms with Crippen LogP contribution in [-0.2, 0) is 27.3 Å². The summed E-state index contributed by atoms with van der Waals surface area (Å²) in [6.07, 6.45) is 0.000788. The van der Waals surface area contributed by atoms with Crippen molar-refractivity contribution in [3.8, 4) is 0 Å². The number of hydrogen-bond donors (Lipinski definition) is 1. The van der Waals surface area contributed by atoms with Crippen LogP contribution in [0, 0.1) is 6.92 Å². The van der Waals surface area contributed by atoms with E-state index in [-0.39, 0.29) is 12.6 Å². The van der Waals surface area contributed by atoms with Crippen LogP contribution in [0.1, 0.15) is 60.7 Å². The van der Waals surface area contributed by atoms with Crippen molar-refractivity contribution >= 4 is 59.0 Å². The van der Waals surface area contributed by atoms with E-state index in [0.29, 0.717) is 65.4 Å². The molecule has 0 atom stereocenters. The predicted molar refractivity (Wildman–Crippen MR) is 176 cm³/mol. The number of nitrogens with zero attached hydrogens (tertiary/aromatic N) is 5. The van der Waals surface area contributed by atoms with Gasteiger partial charge in [-0.05, 0) is 81.2 Å². The fraction of sp³-hybridized carbons (Fsp3) is 0.567. The number of esters is 1. The van der Waals surface area contributed by atoms with Crippen molar-refractivity contribution in [1.82, 2.24) is 24.6 Å². The molecule has 0 saturated heterocycles. The Morgan fingerprint density at radius 2 is 1.84 bits per heavy atom. The second-order valence-corrected chi connectivity index (χ2v) is 19.2. The topological polar surface area (TPSA) is 130 Å². The van der Waals surface area contributed by atoms with Gasteiger partial charge in [-0.25, -0.2) is 14.6 Å². The Morgan fingerprint density at radius 1 is 1.14 bits per heavy atom. The molecule has 0 fully saturated rings. The SMILES string of the molecule is CCn1nc(C)cc1C(=O)N(COCC[Si](C)(C)C)c1nc2cc(C(=O)OC)cc(Br)c2n1CCCNC(=O)OC(C)(C)C. The van der Waals surface area contributed by atoms with E-state index in [1.165, 1.54) is 12.0 Å². The smallest absolute Gasteiger partial charge is 0.407 e. The maximum Gasteiger partial charge on any atom is 0.407 e. The highest BCUT2D eigenvalue weighted by Crippen LogP contribution is 2.32. The van der Waals surface area contributed by atoms with Crippen LogP contribution in [-0.4, -0.2) is 78.0 Å². The second kappa shape index (κ2) is 14.7. The minimum absolute atomic E-state index is 0.0296. The molecule has 242 valence electrons. The summed E-state index contributed by atoms with van der Waals surface area (Å²) in [7, 11) is -0.0624. The van der Waals surface area contributed by atoms with Crippen LogP contribution >= 0.6 is 15.9 Å². The predicted octanol–water partition coefficient (Wildman–Crippen LogP) is 5.98. The molecule has 0 aliphatic heterocycles. The standard InChI is InChI=1S/C30H45BrN6O6Si/c1-10-37-24(16-20(2)34-37)26(38)36(19-42-14-15-44(7,8)9)28-33-23-18-21(27(39)41-6)17-22(31)25(23)35(28)13-11-12-32-29(40)43-30(3,4)5/h16-18H,10-15,19H2,1-9H3,(H,32,40). The lowest BCUT2D eigenvalue weighted by Gasteiger charge is -2.24. The van der Waals surface area contributed by atoms with E-state index < -0.39 is 25.7 Å². The van der Waals surface area contributed by atoms with E-state index in [1.54, 1.807) is 43.7 Å². The summed E-state index contributed by atoms with van der Waals surface area (Å²) in [4.78, 5) is 45.2. The number of amides is 2. The van der Waals surface area contributed by atoms with Crippen molar-refractivity contribution in [3.63, 3.8) is 0 Å². The van der Waals surface area contributed by atoms with Crippen LogP contribution in [0.25, 0.3) is 11.0 Å². The summed E-state index contributed by atoms with van der Waals surface area (Å²) in [6.45, 7) is 17.7. The van der Waals surface area contributed by atoms with Crippen LogP contribution in [0.5, 0.6) is 0 Å². The Bertz CT molecular complexity index is 1490. The first-order chi connectivity index (χ1) is 20.5. The van der Waals surface area contributed by atoms with Gasteiger partial charge in [0.05, 0.1) is 29.4 Å². The monoisotopic (exact) mass is 692 g/mol. The molecule has 0 spiro atoms. The van der Waals surface area contributed by atoms with Gasteiger partial charge < -0.3 is 24.1 Å². The molecule has 12 nitrogen and oxygen atoms in total. The summed E-state index contributed by atoms with van der Waals surface area (Å²) >= 11 is 3.61. The molecule has 14 heteroatoms. The largest absolute Gasteiger partial charge is 0.465 e. The first-order valence-electron chi connectivity index (χ1n) is 14.7. The van der Waals surface area contributed by atoms with Crippen molar-refractivity contribution in [3.05, 3.63) is 39.6 Å². The van der Waals surface area contributed by atoms with Gasteiger partial charge in [0.25, 0.3) is 5.91 Å². The number of alkyl carbamates (subject to hydrolysis) is 1. The minimum atomic E-state index is -1.38. The number of nitrogens with one attached hydrogen (secondary N) is 1. The van der Waals surface area contributed by atoms with Crippen molar-refractivity contribution < 1.29 is 28.6 Å². The summed E-state index contributed by atoms with van der Waals surface area (Å²) in [5, 5.41) is 7.26. The van der Waals surface area contributed by atoms with Gasteiger partial charge in [-0.3, -0.25) is 14.4 Å². The van der Waals surface area contributed by atoms with Crippen LogP contribution < -0.4 is 10.2 Å². The van der Waals surface area contributed by atoms with E-state index in [9.17, 15) is 14.4 Å². The number of carbonyl (C=O) groups excluding carboxylic acids is 3. The average Bonchev–Trinajstić information content (AvgIpc) is 3.48. The minimum Gasteiger partial charge on any atom is -0.465 e. The number of fused-ring (bicyclic) bond motifs is 1. The first-order valence-corrected chi connectivity index (χ1v) is 19.2. The zero-order chi connectivity index (χ0) is 32.8. The van der Waals surface area contributed by atoms with Gasteiger partial charge >= 0.3 is 12.1 Å². The molecule has 2 heterocycles. The Hall–Kier alpha value is -3.23. The molecule has 0 aliphatic rings. The van der Waals surface area contributed by atoms with Gasteiger partial charge in [-0.2, -0.15) is 5.10 Å². The van der Waals surface area contributed by atoms with E-state index in [2.05, 4.69) is 46.0 Å². The van der Waals surface area contributed by atoms with Gasteiger partial charge in [0, 0.05) is 38.8 Å². The number of rotatable bonds is 13. The third kappa shape index (κ3) is 9.38. The Balaban J connectivity index is 2.07. The van der Waals surface area contributed by atoms with Crippen LogP contribution in [0.2, 0.25) is 25.7 Å². The zero-order valence-corrected chi connectivity index (χ0v) is 29.8. The molecule has 1 N–H and O–H groups in total. The third-order valence-electron chi connectivity index (χ3n) is 6.55. The lowest BCUT2D eigenvalue weighted by molar-refractivity contribution is 0.0525. The highest BCUT2D eigenvalue weighted by Gasteiger charge is 2.29. The van der Waals surface area contributed by atoms with Crippen molar-refractivity contribution in [2.24, 2.45) is 0 Å². The number of halogens is 1. The molecule has 3 aromatic rings. The van der Waals surface area contributed by atoms with E-state index in [4.69, 9.17) is 19.2 Å². The van der Waals surface area contributed by atoms with Gasteiger partial charge in [-0.1, -0.05) is 19.6 Å². The fourth-order valence-electron chi connectivity index (χ4n) is 4.44. The quantitative estimate of drug-likeness (QED) is 0.100. The summed E-state index contributed by atoms with van der Waals surface area (Å²) < 4.78 is 20.6. The summed E-state index contributed by atoms with van der Waals surface area (Å²) in [5.74, 6) is -0.470. The number of hydrogen-bond acceptors (Lipinski definition) is 8. The highest BCUT2D eigenvalue weighted by molar-refractivity contribution is 9.10. The van der Waals surface area contributed by atoms with Gasteiger partial charge in [-0.15, -0.1) is 0 Å². The van der Waals surface area contributed by atoms with Crippen molar-refractivity contribution in [2.75, 3.05) is 31.9 Å². The van der Waals surface area contributed by atoms with E-state index in [0.717, 1.165) is 11.7 Å². The van der Waals surface area contributed by atoms with Gasteiger partial charge in [0.1, 0.15) is 18.0 Å². The molecule has 0 aliphatic carbocycles. The maximum absolute atomic E-state index is 14.2. The molecule has 0 radical (unpaired) electrons. The fourth-order valence-corrected chi connectivity index (χ4v) is 5.86. The number of benzene rings is 1. The normalized spacial score (nSPS) is 12.0. The first kappa shape index (κ1) is 35.2. The van der Waals surface area contributed by atoms with Crippen LogP contribution in [0.15, 0.2) is 22.7 Å². The summed E-state index contributed by atoms with van der Waals surface area (Å²) in [5.41, 5.74) is 2.03. The number of imidazole rings is 1. The Kier molecular flexibility index (Phi) is 11.8. The van der Waals surface area contributed by atoms with Gasteiger partial charge in [0.15, 0.2) is 0 Å². The van der Waals surface area contributed by atoms with Crippen molar-refractivity contribution in [2.45, 2.75) is 85.4 Å². The molecular formula is C30H45BrN6O6Si. The third-order valence-corrected chi connectivity index (χ3v) is 8.86. The summed E-state index contributed by atoms with van der Waals surface area (Å²) in [6, 6.07) is 5.99. The number of anilines is 1.